The minimum atomic E-state index is -4.00. The molecule has 0 radical (unpaired) electrons. The standard InChI is InChI=1S/C14H19F4N/c1-8-5-9(2)12(10(3)6-8)11(4)19-7-14(17,18)13(15)16/h5-6,11,13,19H,7H2,1-4H3. The number of hydrogen-bond acceptors (Lipinski definition) is 1. The Morgan fingerprint density at radius 3 is 2.00 bits per heavy atom. The van der Waals surface area contributed by atoms with Gasteiger partial charge in [-0.2, -0.15) is 8.78 Å². The second kappa shape index (κ2) is 5.90. The van der Waals surface area contributed by atoms with Crippen LogP contribution in [-0.2, 0) is 0 Å². The van der Waals surface area contributed by atoms with Crippen LogP contribution in [0.1, 0.15) is 35.2 Å². The average molecular weight is 277 g/mol. The van der Waals surface area contributed by atoms with Crippen LogP contribution >= 0.6 is 0 Å². The zero-order valence-electron chi connectivity index (χ0n) is 11.5. The van der Waals surface area contributed by atoms with Gasteiger partial charge in [0.1, 0.15) is 0 Å². The summed E-state index contributed by atoms with van der Waals surface area (Å²) in [6.07, 6.45) is -3.65. The van der Waals surface area contributed by atoms with E-state index in [1.54, 1.807) is 6.92 Å². The molecule has 0 spiro atoms. The van der Waals surface area contributed by atoms with Crippen molar-refractivity contribution in [3.05, 3.63) is 34.4 Å². The third-order valence-electron chi connectivity index (χ3n) is 3.13. The highest BCUT2D eigenvalue weighted by molar-refractivity contribution is 5.39. The van der Waals surface area contributed by atoms with Crippen molar-refractivity contribution in [2.45, 2.75) is 46.1 Å². The number of benzene rings is 1. The fraction of sp³-hybridized carbons (Fsp3) is 0.571. The molecule has 0 bridgehead atoms. The molecule has 0 aromatic heterocycles. The molecule has 0 aliphatic heterocycles. The molecular weight excluding hydrogens is 258 g/mol. The lowest BCUT2D eigenvalue weighted by Gasteiger charge is -2.23. The second-order valence-corrected chi connectivity index (χ2v) is 4.98. The molecule has 19 heavy (non-hydrogen) atoms. The van der Waals surface area contributed by atoms with Gasteiger partial charge >= 0.3 is 12.3 Å². The van der Waals surface area contributed by atoms with Gasteiger partial charge in [-0.25, -0.2) is 8.78 Å². The lowest BCUT2D eigenvalue weighted by molar-refractivity contribution is -0.126. The number of hydrogen-bond donors (Lipinski definition) is 1. The van der Waals surface area contributed by atoms with Gasteiger partial charge in [0.15, 0.2) is 0 Å². The predicted molar refractivity (Wildman–Crippen MR) is 68.0 cm³/mol. The number of alkyl halides is 4. The molecule has 0 fully saturated rings. The maximum Gasteiger partial charge on any atom is 0.319 e. The van der Waals surface area contributed by atoms with Crippen molar-refractivity contribution in [2.24, 2.45) is 0 Å². The lowest BCUT2D eigenvalue weighted by Crippen LogP contribution is -2.40. The normalized spacial score (nSPS) is 13.9. The van der Waals surface area contributed by atoms with Crippen molar-refractivity contribution >= 4 is 0 Å². The molecule has 1 atom stereocenters. The first-order valence-corrected chi connectivity index (χ1v) is 6.12. The van der Waals surface area contributed by atoms with Crippen LogP contribution in [0.4, 0.5) is 17.6 Å². The second-order valence-electron chi connectivity index (χ2n) is 4.98. The Bertz CT molecular complexity index is 420. The highest BCUT2D eigenvalue weighted by atomic mass is 19.3. The molecule has 0 saturated carbocycles. The maximum atomic E-state index is 12.9. The van der Waals surface area contributed by atoms with E-state index < -0.39 is 24.9 Å². The van der Waals surface area contributed by atoms with Crippen LogP contribution in [0.5, 0.6) is 0 Å². The van der Waals surface area contributed by atoms with E-state index in [0.29, 0.717) is 0 Å². The zero-order valence-corrected chi connectivity index (χ0v) is 11.5. The monoisotopic (exact) mass is 277 g/mol. The van der Waals surface area contributed by atoms with E-state index in [1.165, 1.54) is 0 Å². The van der Waals surface area contributed by atoms with E-state index >= 15 is 0 Å². The predicted octanol–water partition coefficient (Wildman–Crippen LogP) is 4.16. The molecule has 0 saturated heterocycles. The van der Waals surface area contributed by atoms with Crippen molar-refractivity contribution in [1.29, 1.82) is 0 Å². The van der Waals surface area contributed by atoms with Crippen LogP contribution in [0, 0.1) is 20.8 Å². The van der Waals surface area contributed by atoms with Gasteiger partial charge < -0.3 is 5.32 Å². The van der Waals surface area contributed by atoms with Crippen LogP contribution in [-0.4, -0.2) is 18.9 Å². The van der Waals surface area contributed by atoms with Crippen LogP contribution in [0.25, 0.3) is 0 Å². The summed E-state index contributed by atoms with van der Waals surface area (Å²) in [4.78, 5) is 0. The van der Waals surface area contributed by atoms with Gasteiger partial charge in [-0.1, -0.05) is 17.7 Å². The molecule has 1 nitrogen and oxygen atoms in total. The van der Waals surface area contributed by atoms with Gasteiger partial charge in [-0.15, -0.1) is 0 Å². The molecule has 0 heterocycles. The summed E-state index contributed by atoms with van der Waals surface area (Å²) < 4.78 is 49.9. The summed E-state index contributed by atoms with van der Waals surface area (Å²) in [7, 11) is 0. The smallest absolute Gasteiger partial charge is 0.304 e. The molecule has 0 amide bonds. The van der Waals surface area contributed by atoms with Gasteiger partial charge in [0.2, 0.25) is 0 Å². The first kappa shape index (κ1) is 16.0. The molecule has 1 unspecified atom stereocenters. The molecular formula is C14H19F4N. The summed E-state index contributed by atoms with van der Waals surface area (Å²) in [5, 5.41) is 2.49. The molecule has 1 N–H and O–H groups in total. The summed E-state index contributed by atoms with van der Waals surface area (Å²) in [6, 6.07) is 3.50. The minimum Gasteiger partial charge on any atom is -0.304 e. The van der Waals surface area contributed by atoms with Crippen molar-refractivity contribution in [1.82, 2.24) is 5.32 Å². The summed E-state index contributed by atoms with van der Waals surface area (Å²) >= 11 is 0. The fourth-order valence-electron chi connectivity index (χ4n) is 2.34. The van der Waals surface area contributed by atoms with Crippen molar-refractivity contribution in [3.63, 3.8) is 0 Å². The number of nitrogens with one attached hydrogen (secondary N) is 1. The Kier molecular flexibility index (Phi) is 4.96. The minimum absolute atomic E-state index is 0.398. The number of rotatable bonds is 5. The van der Waals surface area contributed by atoms with Gasteiger partial charge in [0, 0.05) is 6.04 Å². The fourth-order valence-corrected chi connectivity index (χ4v) is 2.34. The van der Waals surface area contributed by atoms with E-state index in [1.807, 2.05) is 32.9 Å². The topological polar surface area (TPSA) is 12.0 Å². The lowest BCUT2D eigenvalue weighted by atomic mass is 9.95. The van der Waals surface area contributed by atoms with E-state index in [2.05, 4.69) is 5.32 Å². The third-order valence-corrected chi connectivity index (χ3v) is 3.13. The average Bonchev–Trinajstić information content (AvgIpc) is 2.24. The van der Waals surface area contributed by atoms with E-state index in [0.717, 1.165) is 22.3 Å². The molecule has 108 valence electrons. The third kappa shape index (κ3) is 3.93. The molecule has 0 aliphatic carbocycles. The van der Waals surface area contributed by atoms with Gasteiger partial charge in [-0.3, -0.25) is 0 Å². The Morgan fingerprint density at radius 2 is 1.58 bits per heavy atom. The molecule has 1 aromatic carbocycles. The largest absolute Gasteiger partial charge is 0.319 e. The number of halogens is 4. The Labute approximate surface area is 111 Å². The van der Waals surface area contributed by atoms with Crippen molar-refractivity contribution in [2.75, 3.05) is 6.54 Å². The van der Waals surface area contributed by atoms with Gasteiger partial charge in [0.25, 0.3) is 0 Å². The van der Waals surface area contributed by atoms with Crippen LogP contribution in [0.2, 0.25) is 0 Å². The molecule has 0 aliphatic rings. The quantitative estimate of drug-likeness (QED) is 0.797. The van der Waals surface area contributed by atoms with E-state index in [9.17, 15) is 17.6 Å². The first-order chi connectivity index (χ1) is 8.65. The Balaban J connectivity index is 2.82. The summed E-state index contributed by atoms with van der Waals surface area (Å²) in [5.41, 5.74) is 3.91. The van der Waals surface area contributed by atoms with Crippen LogP contribution in [0.3, 0.4) is 0 Å². The van der Waals surface area contributed by atoms with E-state index in [4.69, 9.17) is 0 Å². The van der Waals surface area contributed by atoms with Crippen molar-refractivity contribution in [3.8, 4) is 0 Å². The Hall–Kier alpha value is -1.10. The number of aryl methyl sites for hydroxylation is 3. The highest BCUT2D eigenvalue weighted by Gasteiger charge is 2.40. The maximum absolute atomic E-state index is 12.9. The molecule has 1 aromatic rings. The molecule has 1 rings (SSSR count). The highest BCUT2D eigenvalue weighted by Crippen LogP contribution is 2.26. The van der Waals surface area contributed by atoms with E-state index in [-0.39, 0.29) is 0 Å². The first-order valence-electron chi connectivity index (χ1n) is 6.12. The Morgan fingerprint density at radius 1 is 1.11 bits per heavy atom. The summed E-state index contributed by atoms with van der Waals surface area (Å²) in [5.74, 6) is -4.00. The summed E-state index contributed by atoms with van der Waals surface area (Å²) in [6.45, 7) is 6.40. The molecule has 5 heteroatoms. The van der Waals surface area contributed by atoms with Gasteiger partial charge in [0.05, 0.1) is 6.54 Å². The van der Waals surface area contributed by atoms with Crippen LogP contribution in [0.15, 0.2) is 12.1 Å². The SMILES string of the molecule is Cc1cc(C)c(C(C)NCC(F)(F)C(F)F)c(C)c1. The van der Waals surface area contributed by atoms with Crippen molar-refractivity contribution < 1.29 is 17.6 Å². The van der Waals surface area contributed by atoms with Crippen LogP contribution < -0.4 is 5.32 Å². The van der Waals surface area contributed by atoms with Gasteiger partial charge in [-0.05, 0) is 44.4 Å². The zero-order chi connectivity index (χ0) is 14.8.